The molecule has 0 bridgehead atoms. The molecule has 0 unspecified atom stereocenters. The minimum absolute atomic E-state index is 0.0660. The van der Waals surface area contributed by atoms with Gasteiger partial charge in [0.05, 0.1) is 11.1 Å². The molecule has 1 aromatic carbocycles. The Hall–Kier alpha value is -1.66. The van der Waals surface area contributed by atoms with Gasteiger partial charge in [-0.25, -0.2) is 0 Å². The molecule has 0 saturated carbocycles. The van der Waals surface area contributed by atoms with Crippen molar-refractivity contribution in [1.82, 2.24) is 15.2 Å². The first kappa shape index (κ1) is 15.2. The van der Waals surface area contributed by atoms with Crippen LogP contribution in [0.4, 0.5) is 0 Å². The second kappa shape index (κ2) is 6.22. The number of likely N-dealkylation sites (tertiary alicyclic amines) is 1. The fraction of sp³-hybridized carbons (Fsp3) is 0.375. The third-order valence-corrected chi connectivity index (χ3v) is 4.91. The molecule has 0 radical (unpaired) electrons. The molecule has 0 spiro atoms. The van der Waals surface area contributed by atoms with Crippen LogP contribution in [0.2, 0.25) is 0 Å². The number of nitrogens with zero attached hydrogens (tertiary/aromatic N) is 1. The number of amides is 1. The number of fused-ring (bicyclic) bond motifs is 1. The zero-order valence-electron chi connectivity index (χ0n) is 12.4. The number of rotatable bonds is 2. The van der Waals surface area contributed by atoms with Crippen LogP contribution in [0, 0.1) is 0 Å². The average molecular weight is 364 g/mol. The zero-order valence-corrected chi connectivity index (χ0v) is 13.9. The number of hydrogen-bond acceptors (Lipinski definition) is 3. The first-order chi connectivity index (χ1) is 10.6. The van der Waals surface area contributed by atoms with E-state index in [-0.39, 0.29) is 11.5 Å². The summed E-state index contributed by atoms with van der Waals surface area (Å²) < 4.78 is 0.783. The van der Waals surface area contributed by atoms with Gasteiger partial charge in [-0.05, 0) is 41.9 Å². The van der Waals surface area contributed by atoms with Gasteiger partial charge in [-0.1, -0.05) is 12.1 Å². The number of carbonyl (C=O) groups excluding carboxylic acids is 1. The van der Waals surface area contributed by atoms with E-state index in [0.717, 1.165) is 22.7 Å². The summed E-state index contributed by atoms with van der Waals surface area (Å²) in [4.78, 5) is 29.3. The summed E-state index contributed by atoms with van der Waals surface area (Å²) in [6, 6.07) is 7.46. The molecule has 22 heavy (non-hydrogen) atoms. The summed E-state index contributed by atoms with van der Waals surface area (Å²) in [6.45, 7) is 1.43. The van der Waals surface area contributed by atoms with Crippen molar-refractivity contribution in [3.63, 3.8) is 0 Å². The maximum Gasteiger partial charge on any atom is 0.254 e. The number of carbonyl (C=O) groups is 1. The Morgan fingerprint density at radius 1 is 1.36 bits per heavy atom. The van der Waals surface area contributed by atoms with E-state index < -0.39 is 0 Å². The number of pyridine rings is 1. The third kappa shape index (κ3) is 2.80. The van der Waals surface area contributed by atoms with Crippen molar-refractivity contribution in [3.8, 4) is 0 Å². The second-order valence-electron chi connectivity index (χ2n) is 5.56. The van der Waals surface area contributed by atoms with Crippen molar-refractivity contribution in [2.24, 2.45) is 0 Å². The number of aromatic nitrogens is 1. The van der Waals surface area contributed by atoms with Crippen molar-refractivity contribution in [3.05, 3.63) is 44.7 Å². The Balaban J connectivity index is 1.98. The van der Waals surface area contributed by atoms with Crippen LogP contribution in [0.1, 0.15) is 23.2 Å². The predicted octanol–water partition coefficient (Wildman–Crippen LogP) is 2.11. The Labute approximate surface area is 136 Å². The standard InChI is InChI=1S/C16H18BrN3O2/c1-18-10-5-7-20(8-6-10)16(22)12-9-14(21)19-15-11(12)3-2-4-13(15)17/h2-4,9-10,18H,5-8H2,1H3,(H,19,21). The SMILES string of the molecule is CNC1CCN(C(=O)c2cc(=O)[nH]c3c(Br)cccc23)CC1. The number of piperidine rings is 1. The van der Waals surface area contributed by atoms with Gasteiger partial charge < -0.3 is 15.2 Å². The van der Waals surface area contributed by atoms with Crippen LogP contribution in [0.25, 0.3) is 10.9 Å². The van der Waals surface area contributed by atoms with E-state index in [9.17, 15) is 9.59 Å². The number of hydrogen-bond donors (Lipinski definition) is 2. The molecule has 116 valence electrons. The Kier molecular flexibility index (Phi) is 4.31. The van der Waals surface area contributed by atoms with Gasteiger partial charge in [0.2, 0.25) is 5.56 Å². The molecule has 2 aromatic rings. The lowest BCUT2D eigenvalue weighted by Crippen LogP contribution is -2.44. The number of halogens is 1. The average Bonchev–Trinajstić information content (AvgIpc) is 2.54. The molecule has 1 saturated heterocycles. The molecule has 2 heterocycles. The van der Waals surface area contributed by atoms with E-state index in [1.54, 1.807) is 0 Å². The van der Waals surface area contributed by atoms with Crippen molar-refractivity contribution in [1.29, 1.82) is 0 Å². The number of H-pyrrole nitrogens is 1. The van der Waals surface area contributed by atoms with E-state index in [1.807, 2.05) is 30.1 Å². The molecule has 1 amide bonds. The van der Waals surface area contributed by atoms with Gasteiger partial charge in [-0.3, -0.25) is 9.59 Å². The maximum absolute atomic E-state index is 12.8. The van der Waals surface area contributed by atoms with Crippen LogP contribution in [-0.2, 0) is 0 Å². The summed E-state index contributed by atoms with van der Waals surface area (Å²) in [5, 5.41) is 4.02. The third-order valence-electron chi connectivity index (χ3n) is 4.25. The monoisotopic (exact) mass is 363 g/mol. The molecule has 2 N–H and O–H groups in total. The lowest BCUT2D eigenvalue weighted by atomic mass is 10.0. The van der Waals surface area contributed by atoms with Crippen LogP contribution in [0.15, 0.2) is 33.5 Å². The minimum Gasteiger partial charge on any atom is -0.339 e. The smallest absolute Gasteiger partial charge is 0.254 e. The molecular formula is C16H18BrN3O2. The van der Waals surface area contributed by atoms with E-state index in [2.05, 4.69) is 26.2 Å². The van der Waals surface area contributed by atoms with Gasteiger partial charge in [0.1, 0.15) is 0 Å². The van der Waals surface area contributed by atoms with Crippen molar-refractivity contribution >= 4 is 32.7 Å². The summed E-state index contributed by atoms with van der Waals surface area (Å²) in [7, 11) is 1.95. The van der Waals surface area contributed by atoms with Gasteiger partial charge in [-0.15, -0.1) is 0 Å². The second-order valence-corrected chi connectivity index (χ2v) is 6.42. The topological polar surface area (TPSA) is 65.2 Å². The zero-order chi connectivity index (χ0) is 15.7. The summed E-state index contributed by atoms with van der Waals surface area (Å²) in [5.74, 6) is -0.0660. The molecule has 3 rings (SSSR count). The lowest BCUT2D eigenvalue weighted by Gasteiger charge is -2.32. The van der Waals surface area contributed by atoms with Gasteiger partial charge in [0.25, 0.3) is 5.91 Å². The Morgan fingerprint density at radius 3 is 2.77 bits per heavy atom. The van der Waals surface area contributed by atoms with Crippen LogP contribution in [0.3, 0.4) is 0 Å². The van der Waals surface area contributed by atoms with Gasteiger partial charge in [0, 0.05) is 35.1 Å². The molecular weight excluding hydrogens is 346 g/mol. The number of benzene rings is 1. The van der Waals surface area contributed by atoms with Gasteiger partial charge >= 0.3 is 0 Å². The Bertz CT molecular complexity index is 764. The number of nitrogens with one attached hydrogen (secondary N) is 2. The fourth-order valence-corrected chi connectivity index (χ4v) is 3.43. The van der Waals surface area contributed by atoms with Crippen molar-refractivity contribution < 1.29 is 4.79 Å². The normalized spacial score (nSPS) is 16.2. The van der Waals surface area contributed by atoms with Crippen LogP contribution < -0.4 is 10.9 Å². The quantitative estimate of drug-likeness (QED) is 0.858. The highest BCUT2D eigenvalue weighted by atomic mass is 79.9. The summed E-state index contributed by atoms with van der Waals surface area (Å²) >= 11 is 3.42. The lowest BCUT2D eigenvalue weighted by molar-refractivity contribution is 0.0709. The molecule has 1 aromatic heterocycles. The first-order valence-electron chi connectivity index (χ1n) is 7.38. The highest BCUT2D eigenvalue weighted by Gasteiger charge is 2.24. The first-order valence-corrected chi connectivity index (χ1v) is 8.17. The van der Waals surface area contributed by atoms with Gasteiger partial charge in [-0.2, -0.15) is 0 Å². The van der Waals surface area contributed by atoms with Crippen LogP contribution in [-0.4, -0.2) is 42.0 Å². The van der Waals surface area contributed by atoms with Gasteiger partial charge in [0.15, 0.2) is 0 Å². The number of aromatic amines is 1. The van der Waals surface area contributed by atoms with E-state index in [0.29, 0.717) is 30.2 Å². The fourth-order valence-electron chi connectivity index (χ4n) is 2.96. The van der Waals surface area contributed by atoms with E-state index in [1.165, 1.54) is 6.07 Å². The van der Waals surface area contributed by atoms with Crippen LogP contribution in [0.5, 0.6) is 0 Å². The molecule has 1 aliphatic rings. The van der Waals surface area contributed by atoms with E-state index in [4.69, 9.17) is 0 Å². The molecule has 1 fully saturated rings. The Morgan fingerprint density at radius 2 is 2.09 bits per heavy atom. The minimum atomic E-state index is -0.257. The van der Waals surface area contributed by atoms with Crippen molar-refractivity contribution in [2.45, 2.75) is 18.9 Å². The highest BCUT2D eigenvalue weighted by Crippen LogP contribution is 2.24. The largest absolute Gasteiger partial charge is 0.339 e. The summed E-state index contributed by atoms with van der Waals surface area (Å²) in [6.07, 6.45) is 1.88. The molecule has 6 heteroatoms. The van der Waals surface area contributed by atoms with Crippen LogP contribution >= 0.6 is 15.9 Å². The highest BCUT2D eigenvalue weighted by molar-refractivity contribution is 9.10. The molecule has 0 aliphatic carbocycles. The van der Waals surface area contributed by atoms with E-state index >= 15 is 0 Å². The molecule has 1 aliphatic heterocycles. The molecule has 0 atom stereocenters. The van der Waals surface area contributed by atoms with Crippen molar-refractivity contribution in [2.75, 3.05) is 20.1 Å². The molecule has 5 nitrogen and oxygen atoms in total. The number of para-hydroxylation sites is 1. The maximum atomic E-state index is 12.8. The summed E-state index contributed by atoms with van der Waals surface area (Å²) in [5.41, 5.74) is 0.888. The predicted molar refractivity (Wildman–Crippen MR) is 90.3 cm³/mol.